The zero-order chi connectivity index (χ0) is 11.4. The Hall–Kier alpha value is -1.55. The Kier molecular flexibility index (Phi) is 3.68. The van der Waals surface area contributed by atoms with Crippen LogP contribution in [-0.2, 0) is 0 Å². The van der Waals surface area contributed by atoms with Gasteiger partial charge in [0, 0.05) is 11.6 Å². The van der Waals surface area contributed by atoms with Gasteiger partial charge in [-0.2, -0.15) is 0 Å². The molecule has 1 aromatic rings. The molecule has 1 aromatic carbocycles. The molecule has 0 aromatic heterocycles. The van der Waals surface area contributed by atoms with Gasteiger partial charge >= 0.3 is 0 Å². The van der Waals surface area contributed by atoms with Gasteiger partial charge in [-0.3, -0.25) is 15.5 Å². The smallest absolute Gasteiger partial charge is 0.251 e. The van der Waals surface area contributed by atoms with Crippen molar-refractivity contribution in [1.29, 1.82) is 0 Å². The van der Waals surface area contributed by atoms with Crippen LogP contribution in [0.5, 0.6) is 0 Å². The minimum atomic E-state index is -0.125. The average Bonchev–Trinajstić information content (AvgIpc) is 2.17. The highest BCUT2D eigenvalue weighted by Gasteiger charge is 2.10. The minimum Gasteiger partial charge on any atom is -0.350 e. The van der Waals surface area contributed by atoms with Crippen LogP contribution >= 0.6 is 0 Å². The summed E-state index contributed by atoms with van der Waals surface area (Å²) >= 11 is 0. The molecular weight excluding hydrogens is 192 g/mol. The van der Waals surface area contributed by atoms with E-state index in [-0.39, 0.29) is 11.9 Å². The van der Waals surface area contributed by atoms with E-state index in [0.717, 1.165) is 5.56 Å². The average molecular weight is 208 g/mol. The van der Waals surface area contributed by atoms with Gasteiger partial charge in [0.05, 0.1) is 5.69 Å². The summed E-state index contributed by atoms with van der Waals surface area (Å²) in [6.07, 6.45) is 0. The summed E-state index contributed by atoms with van der Waals surface area (Å²) < 4.78 is 0. The Morgan fingerprint density at radius 2 is 2.07 bits per heavy atom. The first-order valence-electron chi connectivity index (χ1n) is 4.86. The molecule has 0 heterocycles. The zero-order valence-electron chi connectivity index (χ0n) is 9.16. The van der Waals surface area contributed by atoms with Crippen LogP contribution in [-0.4, -0.2) is 17.2 Å². The predicted octanol–water partition coefficient (Wildman–Crippen LogP) is 1.93. The fourth-order valence-corrected chi connectivity index (χ4v) is 1.28. The van der Waals surface area contributed by atoms with Crippen molar-refractivity contribution < 1.29 is 10.0 Å². The molecule has 0 atom stereocenters. The molecule has 0 aliphatic carbocycles. The quantitative estimate of drug-likeness (QED) is 0.665. The number of aryl methyl sites for hydroxylation is 1. The molecule has 0 bridgehead atoms. The van der Waals surface area contributed by atoms with E-state index in [4.69, 9.17) is 5.21 Å². The summed E-state index contributed by atoms with van der Waals surface area (Å²) in [5, 5.41) is 11.5. The Balaban J connectivity index is 2.96. The lowest BCUT2D eigenvalue weighted by atomic mass is 10.1. The number of carbonyl (C=O) groups excluding carboxylic acids is 1. The second-order valence-corrected chi connectivity index (χ2v) is 3.77. The Bertz CT molecular complexity index is 362. The van der Waals surface area contributed by atoms with Gasteiger partial charge in [0.2, 0.25) is 0 Å². The van der Waals surface area contributed by atoms with Crippen LogP contribution in [0.25, 0.3) is 0 Å². The van der Waals surface area contributed by atoms with E-state index >= 15 is 0 Å². The highest BCUT2D eigenvalue weighted by atomic mass is 16.5. The Labute approximate surface area is 89.3 Å². The van der Waals surface area contributed by atoms with Crippen LogP contribution in [0.1, 0.15) is 29.8 Å². The standard InChI is InChI=1S/C11H16N2O2/c1-7(2)12-11(14)10-6-9(13-15)5-4-8(10)3/h4-7,13,15H,1-3H3,(H,12,14). The molecule has 15 heavy (non-hydrogen) atoms. The van der Waals surface area contributed by atoms with Crippen LogP contribution in [0, 0.1) is 6.92 Å². The third-order valence-corrected chi connectivity index (χ3v) is 2.03. The van der Waals surface area contributed by atoms with Crippen molar-refractivity contribution in [2.24, 2.45) is 0 Å². The van der Waals surface area contributed by atoms with Gasteiger partial charge in [0.1, 0.15) is 0 Å². The van der Waals surface area contributed by atoms with E-state index in [9.17, 15) is 4.79 Å². The van der Waals surface area contributed by atoms with Gasteiger partial charge in [-0.25, -0.2) is 0 Å². The number of amides is 1. The summed E-state index contributed by atoms with van der Waals surface area (Å²) in [5.74, 6) is -0.125. The first-order valence-corrected chi connectivity index (χ1v) is 4.86. The SMILES string of the molecule is Cc1ccc(NO)cc1C(=O)NC(C)C. The molecule has 0 fully saturated rings. The van der Waals surface area contributed by atoms with E-state index in [1.807, 2.05) is 26.3 Å². The van der Waals surface area contributed by atoms with Gasteiger partial charge in [0.25, 0.3) is 5.91 Å². The second kappa shape index (κ2) is 4.79. The van der Waals surface area contributed by atoms with Crippen LogP contribution in [0.2, 0.25) is 0 Å². The van der Waals surface area contributed by atoms with Gasteiger partial charge < -0.3 is 5.32 Å². The fourth-order valence-electron chi connectivity index (χ4n) is 1.28. The molecule has 1 amide bonds. The maximum absolute atomic E-state index is 11.7. The number of nitrogens with one attached hydrogen (secondary N) is 2. The van der Waals surface area contributed by atoms with Crippen LogP contribution in [0.3, 0.4) is 0 Å². The highest BCUT2D eigenvalue weighted by molar-refractivity contribution is 5.96. The first-order chi connectivity index (χ1) is 7.04. The molecule has 0 saturated heterocycles. The maximum atomic E-state index is 11.7. The van der Waals surface area contributed by atoms with Crippen LogP contribution in [0.4, 0.5) is 5.69 Å². The van der Waals surface area contributed by atoms with Gasteiger partial charge in [-0.1, -0.05) is 6.07 Å². The molecule has 0 saturated carbocycles. The van der Waals surface area contributed by atoms with Crippen LogP contribution in [0.15, 0.2) is 18.2 Å². The third kappa shape index (κ3) is 2.95. The number of hydrogen-bond acceptors (Lipinski definition) is 3. The van der Waals surface area contributed by atoms with Crippen molar-refractivity contribution in [2.45, 2.75) is 26.8 Å². The van der Waals surface area contributed by atoms with E-state index in [2.05, 4.69) is 5.32 Å². The summed E-state index contributed by atoms with van der Waals surface area (Å²) in [5.41, 5.74) is 3.99. The second-order valence-electron chi connectivity index (χ2n) is 3.77. The van der Waals surface area contributed by atoms with Gasteiger partial charge in [-0.05, 0) is 38.5 Å². The number of benzene rings is 1. The van der Waals surface area contributed by atoms with E-state index < -0.39 is 0 Å². The third-order valence-electron chi connectivity index (χ3n) is 2.03. The van der Waals surface area contributed by atoms with Crippen LogP contribution < -0.4 is 10.8 Å². The normalized spacial score (nSPS) is 10.2. The molecule has 3 N–H and O–H groups in total. The highest BCUT2D eigenvalue weighted by Crippen LogP contribution is 2.14. The van der Waals surface area contributed by atoms with E-state index in [0.29, 0.717) is 11.3 Å². The lowest BCUT2D eigenvalue weighted by molar-refractivity contribution is 0.0942. The van der Waals surface area contributed by atoms with E-state index in [1.54, 1.807) is 18.2 Å². The summed E-state index contributed by atoms with van der Waals surface area (Å²) in [6, 6.07) is 5.21. The number of carbonyl (C=O) groups is 1. The molecular formula is C11H16N2O2. The fraction of sp³-hybridized carbons (Fsp3) is 0.364. The maximum Gasteiger partial charge on any atom is 0.251 e. The molecule has 4 heteroatoms. The molecule has 0 aliphatic rings. The minimum absolute atomic E-state index is 0.0997. The first kappa shape index (κ1) is 11.5. The largest absolute Gasteiger partial charge is 0.350 e. The van der Waals surface area contributed by atoms with Crippen molar-refractivity contribution in [3.05, 3.63) is 29.3 Å². The molecule has 0 aliphatic heterocycles. The number of rotatable bonds is 3. The molecule has 0 radical (unpaired) electrons. The summed E-state index contributed by atoms with van der Waals surface area (Å²) in [4.78, 5) is 11.7. The van der Waals surface area contributed by atoms with Crippen molar-refractivity contribution in [3.8, 4) is 0 Å². The predicted molar refractivity (Wildman–Crippen MR) is 59.2 cm³/mol. The van der Waals surface area contributed by atoms with E-state index in [1.165, 1.54) is 0 Å². The molecule has 0 unspecified atom stereocenters. The summed E-state index contributed by atoms with van der Waals surface area (Å²) in [7, 11) is 0. The topological polar surface area (TPSA) is 61.4 Å². The molecule has 1 rings (SSSR count). The number of anilines is 1. The Morgan fingerprint density at radius 1 is 1.40 bits per heavy atom. The van der Waals surface area contributed by atoms with Crippen molar-refractivity contribution >= 4 is 11.6 Å². The van der Waals surface area contributed by atoms with Crippen molar-refractivity contribution in [2.75, 3.05) is 5.48 Å². The van der Waals surface area contributed by atoms with Gasteiger partial charge in [-0.15, -0.1) is 0 Å². The van der Waals surface area contributed by atoms with Crippen molar-refractivity contribution in [3.63, 3.8) is 0 Å². The lowest BCUT2D eigenvalue weighted by Crippen LogP contribution is -2.30. The Morgan fingerprint density at radius 3 is 2.60 bits per heavy atom. The van der Waals surface area contributed by atoms with Crippen molar-refractivity contribution in [1.82, 2.24) is 5.32 Å². The zero-order valence-corrected chi connectivity index (χ0v) is 9.16. The lowest BCUT2D eigenvalue weighted by Gasteiger charge is -2.11. The summed E-state index contributed by atoms with van der Waals surface area (Å²) in [6.45, 7) is 5.67. The molecule has 4 nitrogen and oxygen atoms in total. The molecule has 0 spiro atoms. The monoisotopic (exact) mass is 208 g/mol. The van der Waals surface area contributed by atoms with Gasteiger partial charge in [0.15, 0.2) is 0 Å². The molecule has 82 valence electrons. The number of hydrogen-bond donors (Lipinski definition) is 3.